The van der Waals surface area contributed by atoms with E-state index in [9.17, 15) is 14.0 Å². The van der Waals surface area contributed by atoms with Gasteiger partial charge < -0.3 is 0 Å². The molecule has 2 heterocycles. The standard InChI is InChI=1S/C23H16ClFN2O2S/c24-15-8-4-13(5-9-15)12-19-22(29)27-21(14-6-10-16(25)11-7-14)20-17(26-23(27)30-19)2-1-3-18(20)28/h4-12,21H,1-3H2/b19-12+. The summed E-state index contributed by atoms with van der Waals surface area (Å²) in [5.74, 6) is -0.362. The van der Waals surface area contributed by atoms with E-state index in [2.05, 4.69) is 4.99 Å². The van der Waals surface area contributed by atoms with Crippen molar-refractivity contribution in [2.75, 3.05) is 0 Å². The second-order valence-corrected chi connectivity index (χ2v) is 8.77. The lowest BCUT2D eigenvalue weighted by molar-refractivity contribution is -0.116. The number of Topliss-reactive ketones (excluding diaryl/α,β-unsaturated/α-hetero) is 1. The van der Waals surface area contributed by atoms with E-state index in [1.54, 1.807) is 34.9 Å². The molecule has 2 aliphatic rings. The lowest BCUT2D eigenvalue weighted by Gasteiger charge is -2.28. The third-order valence-electron chi connectivity index (χ3n) is 5.38. The van der Waals surface area contributed by atoms with E-state index in [4.69, 9.17) is 11.6 Å². The van der Waals surface area contributed by atoms with Crippen LogP contribution in [0.3, 0.4) is 0 Å². The maximum atomic E-state index is 13.5. The van der Waals surface area contributed by atoms with Crippen LogP contribution in [-0.4, -0.2) is 10.4 Å². The zero-order valence-electron chi connectivity index (χ0n) is 15.8. The molecule has 5 rings (SSSR count). The van der Waals surface area contributed by atoms with Gasteiger partial charge in [-0.1, -0.05) is 47.2 Å². The number of fused-ring (bicyclic) bond motifs is 1. The molecule has 1 unspecified atom stereocenters. The predicted molar refractivity (Wildman–Crippen MR) is 115 cm³/mol. The lowest BCUT2D eigenvalue weighted by atomic mass is 9.86. The molecule has 30 heavy (non-hydrogen) atoms. The number of carbonyl (C=O) groups is 1. The quantitative estimate of drug-likeness (QED) is 0.611. The molecule has 0 amide bonds. The fourth-order valence-corrected chi connectivity index (χ4v) is 5.13. The third-order valence-corrected chi connectivity index (χ3v) is 6.62. The number of rotatable bonds is 2. The van der Waals surface area contributed by atoms with E-state index in [0.717, 1.165) is 17.7 Å². The first-order valence-corrected chi connectivity index (χ1v) is 10.8. The Bertz CT molecular complexity index is 1370. The van der Waals surface area contributed by atoms with Crippen molar-refractivity contribution in [2.45, 2.75) is 25.3 Å². The highest BCUT2D eigenvalue weighted by Crippen LogP contribution is 2.36. The topological polar surface area (TPSA) is 51.4 Å². The van der Waals surface area contributed by atoms with Gasteiger partial charge in [-0.05, 0) is 54.3 Å². The molecule has 0 bridgehead atoms. The van der Waals surface area contributed by atoms with Gasteiger partial charge >= 0.3 is 0 Å². The summed E-state index contributed by atoms with van der Waals surface area (Å²) in [4.78, 5) is 31.4. The normalized spacial score (nSPS) is 18.8. The molecule has 2 aromatic carbocycles. The number of thiazole rings is 1. The minimum Gasteiger partial charge on any atom is -0.294 e. The van der Waals surface area contributed by atoms with Crippen LogP contribution >= 0.6 is 22.9 Å². The van der Waals surface area contributed by atoms with Crippen molar-refractivity contribution in [1.29, 1.82) is 0 Å². The number of hydrogen-bond donors (Lipinski definition) is 0. The molecule has 0 N–H and O–H groups in total. The van der Waals surface area contributed by atoms with Crippen molar-refractivity contribution >= 4 is 34.8 Å². The number of ketones is 1. The second kappa shape index (κ2) is 7.45. The van der Waals surface area contributed by atoms with E-state index < -0.39 is 6.04 Å². The van der Waals surface area contributed by atoms with Crippen LogP contribution in [0.15, 0.2) is 69.6 Å². The average Bonchev–Trinajstić information content (AvgIpc) is 3.04. The Morgan fingerprint density at radius 3 is 2.53 bits per heavy atom. The molecule has 1 aliphatic carbocycles. The van der Waals surface area contributed by atoms with Gasteiger partial charge in [-0.3, -0.25) is 14.2 Å². The average molecular weight is 439 g/mol. The Kier molecular flexibility index (Phi) is 4.76. The first-order chi connectivity index (χ1) is 14.5. The Morgan fingerprint density at radius 1 is 1.07 bits per heavy atom. The number of nitrogens with zero attached hydrogens (tertiary/aromatic N) is 2. The zero-order chi connectivity index (χ0) is 20.8. The van der Waals surface area contributed by atoms with Gasteiger partial charge in [0, 0.05) is 17.0 Å². The van der Waals surface area contributed by atoms with Crippen LogP contribution in [0.4, 0.5) is 4.39 Å². The van der Waals surface area contributed by atoms with Gasteiger partial charge in [-0.25, -0.2) is 9.38 Å². The second-order valence-electron chi connectivity index (χ2n) is 7.32. The molecule has 1 aromatic heterocycles. The van der Waals surface area contributed by atoms with E-state index in [1.165, 1.54) is 23.5 Å². The minimum atomic E-state index is -0.586. The van der Waals surface area contributed by atoms with Crippen LogP contribution in [-0.2, 0) is 4.79 Å². The van der Waals surface area contributed by atoms with Crippen molar-refractivity contribution in [1.82, 2.24) is 4.57 Å². The van der Waals surface area contributed by atoms with Crippen molar-refractivity contribution in [3.63, 3.8) is 0 Å². The molecular formula is C23H16ClFN2O2S. The van der Waals surface area contributed by atoms with E-state index >= 15 is 0 Å². The van der Waals surface area contributed by atoms with Crippen LogP contribution < -0.4 is 14.9 Å². The Morgan fingerprint density at radius 2 is 1.80 bits per heavy atom. The van der Waals surface area contributed by atoms with Gasteiger partial charge in [0.05, 0.1) is 16.3 Å². The van der Waals surface area contributed by atoms with Gasteiger partial charge in [0.2, 0.25) is 0 Å². The maximum absolute atomic E-state index is 13.5. The first kappa shape index (κ1) is 19.2. The largest absolute Gasteiger partial charge is 0.294 e. The van der Waals surface area contributed by atoms with E-state index in [0.29, 0.717) is 38.3 Å². The molecule has 3 aromatic rings. The number of halogens is 2. The predicted octanol–water partition coefficient (Wildman–Crippen LogP) is 3.76. The van der Waals surface area contributed by atoms with Crippen molar-refractivity contribution in [3.05, 3.63) is 101 Å². The number of hydrogen-bond acceptors (Lipinski definition) is 4. The zero-order valence-corrected chi connectivity index (χ0v) is 17.3. The van der Waals surface area contributed by atoms with Crippen molar-refractivity contribution in [2.24, 2.45) is 4.99 Å². The minimum absolute atomic E-state index is 0.00121. The third kappa shape index (κ3) is 3.26. The van der Waals surface area contributed by atoms with Crippen LogP contribution in [0, 0.1) is 5.82 Å². The van der Waals surface area contributed by atoms with Crippen molar-refractivity contribution < 1.29 is 9.18 Å². The molecule has 1 atom stereocenters. The number of aromatic nitrogens is 1. The summed E-state index contributed by atoms with van der Waals surface area (Å²) in [6.45, 7) is 0. The Labute approximate surface area is 180 Å². The molecule has 0 saturated carbocycles. The SMILES string of the molecule is O=C1CCCC2=C1C(c1ccc(F)cc1)n1c(s/c(=C/c3ccc(Cl)cc3)c1=O)=N2. The molecular weight excluding hydrogens is 423 g/mol. The number of benzene rings is 2. The van der Waals surface area contributed by atoms with Gasteiger partial charge in [-0.2, -0.15) is 0 Å². The van der Waals surface area contributed by atoms with Crippen LogP contribution in [0.25, 0.3) is 6.08 Å². The Balaban J connectivity index is 1.75. The molecule has 0 radical (unpaired) electrons. The highest BCUT2D eigenvalue weighted by molar-refractivity contribution is 7.07. The molecule has 0 saturated heterocycles. The van der Waals surface area contributed by atoms with Crippen LogP contribution in [0.2, 0.25) is 5.02 Å². The highest BCUT2D eigenvalue weighted by Gasteiger charge is 2.34. The summed E-state index contributed by atoms with van der Waals surface area (Å²) < 4.78 is 15.6. The molecule has 4 nitrogen and oxygen atoms in total. The maximum Gasteiger partial charge on any atom is 0.271 e. The van der Waals surface area contributed by atoms with E-state index in [-0.39, 0.29) is 17.2 Å². The summed E-state index contributed by atoms with van der Waals surface area (Å²) >= 11 is 7.25. The summed E-state index contributed by atoms with van der Waals surface area (Å²) in [5.41, 5.74) is 2.63. The summed E-state index contributed by atoms with van der Waals surface area (Å²) in [6, 6.07) is 12.6. The molecule has 7 heteroatoms. The van der Waals surface area contributed by atoms with Crippen LogP contribution in [0.1, 0.15) is 36.4 Å². The summed E-state index contributed by atoms with van der Waals surface area (Å²) in [5, 5.41) is 0.621. The van der Waals surface area contributed by atoms with E-state index in [1.807, 2.05) is 12.1 Å². The summed E-state index contributed by atoms with van der Waals surface area (Å²) in [7, 11) is 0. The molecule has 0 spiro atoms. The smallest absolute Gasteiger partial charge is 0.271 e. The van der Waals surface area contributed by atoms with Gasteiger partial charge in [0.15, 0.2) is 10.6 Å². The summed E-state index contributed by atoms with van der Waals surface area (Å²) in [6.07, 6.45) is 3.68. The number of allylic oxidation sites excluding steroid dienone is 2. The fraction of sp³-hybridized carbons (Fsp3) is 0.174. The van der Waals surface area contributed by atoms with Gasteiger partial charge in [-0.15, -0.1) is 0 Å². The highest BCUT2D eigenvalue weighted by atomic mass is 35.5. The first-order valence-electron chi connectivity index (χ1n) is 9.60. The van der Waals surface area contributed by atoms with Crippen molar-refractivity contribution in [3.8, 4) is 0 Å². The number of carbonyl (C=O) groups excluding carboxylic acids is 1. The van der Waals surface area contributed by atoms with Crippen LogP contribution in [0.5, 0.6) is 0 Å². The molecule has 0 fully saturated rings. The fourth-order valence-electron chi connectivity index (χ4n) is 3.98. The lowest BCUT2D eigenvalue weighted by Crippen LogP contribution is -2.40. The Hall–Kier alpha value is -2.83. The monoisotopic (exact) mass is 438 g/mol. The molecule has 150 valence electrons. The van der Waals surface area contributed by atoms with Gasteiger partial charge in [0.1, 0.15) is 5.82 Å². The molecule has 1 aliphatic heterocycles. The van der Waals surface area contributed by atoms with Gasteiger partial charge in [0.25, 0.3) is 5.56 Å².